The SMILES string of the molecule is CCCCCCCC(O)c1ccc2c(c1)CCC(=O)N2C. The highest BCUT2D eigenvalue weighted by Gasteiger charge is 2.21. The monoisotopic (exact) mass is 289 g/mol. The van der Waals surface area contributed by atoms with E-state index in [0.717, 1.165) is 30.5 Å². The summed E-state index contributed by atoms with van der Waals surface area (Å²) in [5.41, 5.74) is 3.16. The van der Waals surface area contributed by atoms with Crippen molar-refractivity contribution in [3.8, 4) is 0 Å². The Bertz CT molecular complexity index is 484. The van der Waals surface area contributed by atoms with Gasteiger partial charge in [0.2, 0.25) is 5.91 Å². The Morgan fingerprint density at radius 3 is 2.71 bits per heavy atom. The zero-order chi connectivity index (χ0) is 15.2. The Hall–Kier alpha value is -1.35. The first-order valence-corrected chi connectivity index (χ1v) is 8.21. The number of carbonyl (C=O) groups excluding carboxylic acids is 1. The van der Waals surface area contributed by atoms with Crippen LogP contribution >= 0.6 is 0 Å². The number of rotatable bonds is 7. The average molecular weight is 289 g/mol. The minimum Gasteiger partial charge on any atom is -0.388 e. The van der Waals surface area contributed by atoms with Crippen LogP contribution < -0.4 is 4.90 Å². The molecule has 1 aliphatic heterocycles. The number of nitrogens with zero attached hydrogens (tertiary/aromatic N) is 1. The van der Waals surface area contributed by atoms with Gasteiger partial charge in [0.1, 0.15) is 0 Å². The fraction of sp³-hybridized carbons (Fsp3) is 0.611. The van der Waals surface area contributed by atoms with Crippen molar-refractivity contribution < 1.29 is 9.90 Å². The van der Waals surface area contributed by atoms with Gasteiger partial charge in [-0.25, -0.2) is 0 Å². The zero-order valence-corrected chi connectivity index (χ0v) is 13.3. The quantitative estimate of drug-likeness (QED) is 0.771. The maximum atomic E-state index is 11.7. The Balaban J connectivity index is 1.93. The summed E-state index contributed by atoms with van der Waals surface area (Å²) in [7, 11) is 1.82. The lowest BCUT2D eigenvalue weighted by Gasteiger charge is -2.26. The topological polar surface area (TPSA) is 40.5 Å². The van der Waals surface area contributed by atoms with Crippen LogP contribution in [0.15, 0.2) is 18.2 Å². The summed E-state index contributed by atoms with van der Waals surface area (Å²) in [4.78, 5) is 13.4. The maximum absolute atomic E-state index is 11.7. The van der Waals surface area contributed by atoms with Crippen molar-refractivity contribution in [3.63, 3.8) is 0 Å². The third kappa shape index (κ3) is 4.07. The molecule has 0 bridgehead atoms. The molecule has 0 saturated carbocycles. The first-order chi connectivity index (χ1) is 10.1. The molecule has 0 aromatic heterocycles. The van der Waals surface area contributed by atoms with Gasteiger partial charge in [-0.15, -0.1) is 0 Å². The first kappa shape index (κ1) is 16.0. The highest BCUT2D eigenvalue weighted by atomic mass is 16.3. The van der Waals surface area contributed by atoms with Gasteiger partial charge in [0.15, 0.2) is 0 Å². The van der Waals surface area contributed by atoms with Gasteiger partial charge in [0.25, 0.3) is 0 Å². The van der Waals surface area contributed by atoms with Crippen molar-refractivity contribution in [1.82, 2.24) is 0 Å². The number of unbranched alkanes of at least 4 members (excludes halogenated alkanes) is 4. The van der Waals surface area contributed by atoms with Crippen LogP contribution in [-0.4, -0.2) is 18.1 Å². The molecular weight excluding hydrogens is 262 g/mol. The molecule has 21 heavy (non-hydrogen) atoms. The standard InChI is InChI=1S/C18H27NO2/c1-3-4-5-6-7-8-17(20)15-9-11-16-14(13-15)10-12-18(21)19(16)2/h9,11,13,17,20H,3-8,10,12H2,1-2H3. The Morgan fingerprint density at radius 1 is 1.19 bits per heavy atom. The summed E-state index contributed by atoms with van der Waals surface area (Å²) in [5, 5.41) is 10.3. The van der Waals surface area contributed by atoms with Gasteiger partial charge >= 0.3 is 0 Å². The van der Waals surface area contributed by atoms with Crippen molar-refractivity contribution in [2.75, 3.05) is 11.9 Å². The zero-order valence-electron chi connectivity index (χ0n) is 13.3. The molecule has 1 atom stereocenters. The molecule has 0 radical (unpaired) electrons. The molecule has 2 rings (SSSR count). The lowest BCUT2D eigenvalue weighted by atomic mass is 9.95. The number of aliphatic hydroxyl groups excluding tert-OH is 1. The molecule has 1 aromatic carbocycles. The molecule has 1 N–H and O–H groups in total. The number of hydrogen-bond donors (Lipinski definition) is 1. The highest BCUT2D eigenvalue weighted by molar-refractivity contribution is 5.95. The smallest absolute Gasteiger partial charge is 0.227 e. The van der Waals surface area contributed by atoms with Crippen molar-refractivity contribution in [2.24, 2.45) is 0 Å². The fourth-order valence-electron chi connectivity index (χ4n) is 2.99. The molecule has 1 aromatic rings. The lowest BCUT2D eigenvalue weighted by molar-refractivity contribution is -0.118. The molecule has 0 saturated heterocycles. The van der Waals surface area contributed by atoms with Crippen LogP contribution in [0.3, 0.4) is 0 Å². The van der Waals surface area contributed by atoms with E-state index in [-0.39, 0.29) is 12.0 Å². The normalized spacial score (nSPS) is 16.0. The van der Waals surface area contributed by atoms with Crippen LogP contribution in [0.25, 0.3) is 0 Å². The van der Waals surface area contributed by atoms with Crippen LogP contribution in [0.4, 0.5) is 5.69 Å². The number of hydrogen-bond acceptors (Lipinski definition) is 2. The van der Waals surface area contributed by atoms with E-state index < -0.39 is 0 Å². The second-order valence-corrected chi connectivity index (χ2v) is 6.06. The minimum atomic E-state index is -0.375. The molecular formula is C18H27NO2. The maximum Gasteiger partial charge on any atom is 0.227 e. The summed E-state index contributed by atoms with van der Waals surface area (Å²) in [6.07, 6.45) is 7.89. The van der Waals surface area contributed by atoms with E-state index in [1.54, 1.807) is 4.90 Å². The van der Waals surface area contributed by atoms with Crippen LogP contribution in [0.1, 0.15) is 69.1 Å². The van der Waals surface area contributed by atoms with E-state index in [2.05, 4.69) is 13.0 Å². The predicted molar refractivity (Wildman–Crippen MR) is 86.5 cm³/mol. The fourth-order valence-corrected chi connectivity index (χ4v) is 2.99. The summed E-state index contributed by atoms with van der Waals surface area (Å²) < 4.78 is 0. The van der Waals surface area contributed by atoms with Gasteiger partial charge in [-0.3, -0.25) is 4.79 Å². The van der Waals surface area contributed by atoms with E-state index in [0.29, 0.717) is 6.42 Å². The van der Waals surface area contributed by atoms with Crippen LogP contribution in [0, 0.1) is 0 Å². The number of amides is 1. The molecule has 1 aliphatic rings. The summed E-state index contributed by atoms with van der Waals surface area (Å²) >= 11 is 0. The van der Waals surface area contributed by atoms with Crippen LogP contribution in [0.5, 0.6) is 0 Å². The largest absolute Gasteiger partial charge is 0.388 e. The van der Waals surface area contributed by atoms with Gasteiger partial charge in [-0.2, -0.15) is 0 Å². The molecule has 116 valence electrons. The van der Waals surface area contributed by atoms with Crippen molar-refractivity contribution in [2.45, 2.75) is 64.4 Å². The van der Waals surface area contributed by atoms with Gasteiger partial charge < -0.3 is 10.0 Å². The average Bonchev–Trinajstić information content (AvgIpc) is 2.50. The Morgan fingerprint density at radius 2 is 1.95 bits per heavy atom. The van der Waals surface area contributed by atoms with Crippen LogP contribution in [0.2, 0.25) is 0 Å². The lowest BCUT2D eigenvalue weighted by Crippen LogP contribution is -2.31. The van der Waals surface area contributed by atoms with Gasteiger partial charge in [0.05, 0.1) is 6.10 Å². The van der Waals surface area contributed by atoms with Crippen molar-refractivity contribution in [1.29, 1.82) is 0 Å². The predicted octanol–water partition coefficient (Wildman–Crippen LogP) is 3.99. The second-order valence-electron chi connectivity index (χ2n) is 6.06. The van der Waals surface area contributed by atoms with Crippen molar-refractivity contribution in [3.05, 3.63) is 29.3 Å². The summed E-state index contributed by atoms with van der Waals surface area (Å²) in [5.74, 6) is 0.173. The van der Waals surface area contributed by atoms with Gasteiger partial charge in [0, 0.05) is 19.2 Å². The molecule has 1 heterocycles. The third-order valence-electron chi connectivity index (χ3n) is 4.41. The Labute approximate surface area is 128 Å². The number of carbonyl (C=O) groups is 1. The summed E-state index contributed by atoms with van der Waals surface area (Å²) in [6, 6.07) is 6.02. The minimum absolute atomic E-state index is 0.173. The van der Waals surface area contributed by atoms with E-state index in [1.165, 1.54) is 31.2 Å². The van der Waals surface area contributed by atoms with E-state index >= 15 is 0 Å². The molecule has 1 unspecified atom stereocenters. The molecule has 0 aliphatic carbocycles. The molecule has 3 nitrogen and oxygen atoms in total. The number of aryl methyl sites for hydroxylation is 1. The molecule has 0 fully saturated rings. The number of anilines is 1. The molecule has 1 amide bonds. The second kappa shape index (κ2) is 7.60. The van der Waals surface area contributed by atoms with E-state index in [1.807, 2.05) is 19.2 Å². The molecule has 3 heteroatoms. The van der Waals surface area contributed by atoms with E-state index in [4.69, 9.17) is 0 Å². The highest BCUT2D eigenvalue weighted by Crippen LogP contribution is 2.30. The third-order valence-corrected chi connectivity index (χ3v) is 4.41. The number of benzene rings is 1. The first-order valence-electron chi connectivity index (χ1n) is 8.21. The molecule has 0 spiro atoms. The van der Waals surface area contributed by atoms with Gasteiger partial charge in [-0.1, -0.05) is 51.2 Å². The number of aliphatic hydroxyl groups is 1. The van der Waals surface area contributed by atoms with Gasteiger partial charge in [-0.05, 0) is 30.0 Å². The van der Waals surface area contributed by atoms with E-state index in [9.17, 15) is 9.90 Å². The number of fused-ring (bicyclic) bond motifs is 1. The van der Waals surface area contributed by atoms with Crippen LogP contribution in [-0.2, 0) is 11.2 Å². The Kier molecular flexibility index (Phi) is 5.80. The summed E-state index contributed by atoms with van der Waals surface area (Å²) in [6.45, 7) is 2.21. The van der Waals surface area contributed by atoms with Crippen molar-refractivity contribution >= 4 is 11.6 Å².